The van der Waals surface area contributed by atoms with Gasteiger partial charge in [0, 0.05) is 13.1 Å². The van der Waals surface area contributed by atoms with Crippen LogP contribution in [0, 0.1) is 7.05 Å². The van der Waals surface area contributed by atoms with Crippen LogP contribution >= 0.6 is 0 Å². The molecule has 0 bridgehead atoms. The zero-order chi connectivity index (χ0) is 9.90. The van der Waals surface area contributed by atoms with Crippen LogP contribution in [0.3, 0.4) is 0 Å². The molecule has 1 amide bonds. The molecule has 2 N–H and O–H groups in total. The molecule has 0 saturated carbocycles. The summed E-state index contributed by atoms with van der Waals surface area (Å²) in [5, 5.41) is 1.43. The first-order chi connectivity index (χ1) is 6.06. The van der Waals surface area contributed by atoms with Gasteiger partial charge in [-0.2, -0.15) is 0 Å². The van der Waals surface area contributed by atoms with Gasteiger partial charge in [-0.15, -0.1) is 7.05 Å². The smallest absolute Gasteiger partial charge is 0.339 e. The highest BCUT2D eigenvalue weighted by atomic mass is 16.2. The van der Waals surface area contributed by atoms with E-state index in [4.69, 9.17) is 0 Å². The molecule has 0 aliphatic carbocycles. The number of nitrogens with zero attached hydrogens (tertiary/aromatic N) is 2. The second kappa shape index (κ2) is 4.17. The molecule has 0 atom stereocenters. The second-order valence-corrected chi connectivity index (χ2v) is 4.20. The molecular formula is C9H20N3O+. The fraction of sp³-hybridized carbons (Fsp3) is 0.778. The van der Waals surface area contributed by atoms with E-state index in [1.54, 1.807) is 0 Å². The summed E-state index contributed by atoms with van der Waals surface area (Å²) < 4.78 is 0.870. The number of hydrogen-bond acceptors (Lipinski definition) is 2. The first-order valence-electron chi connectivity index (χ1n) is 4.73. The third kappa shape index (κ3) is 3.06. The van der Waals surface area contributed by atoms with Gasteiger partial charge in [-0.3, -0.25) is 4.90 Å². The van der Waals surface area contributed by atoms with Crippen LogP contribution in [0.1, 0.15) is 0 Å². The fourth-order valence-electron chi connectivity index (χ4n) is 1.65. The quantitative estimate of drug-likeness (QED) is 0.410. The van der Waals surface area contributed by atoms with E-state index in [1.807, 2.05) is 0 Å². The van der Waals surface area contributed by atoms with Crippen molar-refractivity contribution in [1.29, 1.82) is 0 Å². The molecule has 0 aromatic carbocycles. The Bertz CT molecular complexity index is 185. The summed E-state index contributed by atoms with van der Waals surface area (Å²) in [7, 11) is 7.77. The van der Waals surface area contributed by atoms with Crippen LogP contribution < -0.4 is 5.32 Å². The van der Waals surface area contributed by atoms with E-state index in [-0.39, 0.29) is 5.91 Å². The summed E-state index contributed by atoms with van der Waals surface area (Å²) in [6.07, 6.45) is 0. The number of hydrogen-bond donors (Lipinski definition) is 1. The van der Waals surface area contributed by atoms with Crippen molar-refractivity contribution in [3.8, 4) is 0 Å². The second-order valence-electron chi connectivity index (χ2n) is 4.20. The highest BCUT2D eigenvalue weighted by molar-refractivity contribution is 5.66. The predicted octanol–water partition coefficient (Wildman–Crippen LogP) is -1.74. The number of piperazine rings is 1. The Morgan fingerprint density at radius 3 is 2.54 bits per heavy atom. The molecule has 4 nitrogen and oxygen atoms in total. The fourth-order valence-corrected chi connectivity index (χ4v) is 1.65. The van der Waals surface area contributed by atoms with E-state index in [1.165, 1.54) is 5.32 Å². The highest BCUT2D eigenvalue weighted by Gasteiger charge is 2.29. The monoisotopic (exact) mass is 186 g/mol. The number of carbonyl (C=O) groups is 1. The zero-order valence-corrected chi connectivity index (χ0v) is 8.62. The van der Waals surface area contributed by atoms with Gasteiger partial charge in [-0.25, -0.2) is 4.79 Å². The Morgan fingerprint density at radius 2 is 2.08 bits per heavy atom. The van der Waals surface area contributed by atoms with Crippen molar-refractivity contribution in [2.45, 2.75) is 0 Å². The average molecular weight is 186 g/mol. The molecule has 1 saturated heterocycles. The first kappa shape index (κ1) is 10.6. The van der Waals surface area contributed by atoms with Crippen LogP contribution in [-0.2, 0) is 4.79 Å². The van der Waals surface area contributed by atoms with Crippen LogP contribution in [0.2, 0.25) is 0 Å². The third-order valence-corrected chi connectivity index (χ3v) is 2.81. The number of amides is 1. The Balaban J connectivity index is 2.43. The summed E-state index contributed by atoms with van der Waals surface area (Å²) in [5.74, 6) is 0.159. The lowest BCUT2D eigenvalue weighted by Gasteiger charge is -2.39. The summed E-state index contributed by atoms with van der Waals surface area (Å²) in [5.41, 5.74) is 0. The topological polar surface area (TPSA) is 36.9 Å². The standard InChI is InChI=1S/C9H20N3O/c1-10-9(13)8-12(3)6-4-11(2)5-7-12/h1,4-8,10H2,2-3H3/q+1. The largest absolute Gasteiger partial charge is 0.410 e. The minimum atomic E-state index is 0.159. The molecule has 0 aromatic heterocycles. The van der Waals surface area contributed by atoms with E-state index >= 15 is 0 Å². The van der Waals surface area contributed by atoms with Gasteiger partial charge in [0.25, 0.3) is 0 Å². The van der Waals surface area contributed by atoms with Gasteiger partial charge in [0.2, 0.25) is 0 Å². The van der Waals surface area contributed by atoms with Gasteiger partial charge in [0.15, 0.2) is 6.54 Å². The van der Waals surface area contributed by atoms with Crippen molar-refractivity contribution in [1.82, 2.24) is 4.90 Å². The predicted molar refractivity (Wildman–Crippen MR) is 50.6 cm³/mol. The Labute approximate surface area is 80.1 Å². The lowest BCUT2D eigenvalue weighted by Crippen LogP contribution is -2.84. The number of quaternary nitrogens is 2. The normalized spacial score (nSPS) is 23.0. The van der Waals surface area contributed by atoms with E-state index in [2.05, 4.69) is 26.0 Å². The summed E-state index contributed by atoms with van der Waals surface area (Å²) >= 11 is 0. The van der Waals surface area contributed by atoms with Crippen molar-refractivity contribution < 1.29 is 14.6 Å². The number of nitrogens with two attached hydrogens (primary N) is 1. The van der Waals surface area contributed by atoms with Gasteiger partial charge < -0.3 is 9.80 Å². The average Bonchev–Trinajstić information content (AvgIpc) is 2.10. The Hall–Kier alpha value is -0.450. The van der Waals surface area contributed by atoms with Crippen molar-refractivity contribution in [3.05, 3.63) is 7.05 Å². The summed E-state index contributed by atoms with van der Waals surface area (Å²) in [4.78, 5) is 13.5. The zero-order valence-electron chi connectivity index (χ0n) is 8.62. The molecule has 0 radical (unpaired) electrons. The molecule has 1 heterocycles. The maximum absolute atomic E-state index is 11.2. The van der Waals surface area contributed by atoms with Crippen molar-refractivity contribution >= 4 is 5.91 Å². The van der Waals surface area contributed by atoms with Crippen LogP contribution in [0.25, 0.3) is 0 Å². The maximum atomic E-state index is 11.2. The number of rotatable bonds is 2. The number of primary amides is 1. The molecular weight excluding hydrogens is 166 g/mol. The molecule has 13 heavy (non-hydrogen) atoms. The minimum Gasteiger partial charge on any atom is -0.410 e. The molecule has 1 aliphatic heterocycles. The highest BCUT2D eigenvalue weighted by Crippen LogP contribution is 2.07. The van der Waals surface area contributed by atoms with Crippen LogP contribution in [0.5, 0.6) is 0 Å². The molecule has 4 heteroatoms. The molecule has 1 rings (SSSR count). The van der Waals surface area contributed by atoms with Crippen molar-refractivity contribution in [3.63, 3.8) is 0 Å². The van der Waals surface area contributed by atoms with Gasteiger partial charge in [0.1, 0.15) is 0 Å². The Morgan fingerprint density at radius 1 is 1.54 bits per heavy atom. The Kier molecular flexibility index (Phi) is 3.41. The van der Waals surface area contributed by atoms with E-state index < -0.39 is 0 Å². The third-order valence-electron chi connectivity index (χ3n) is 2.81. The van der Waals surface area contributed by atoms with E-state index in [0.29, 0.717) is 6.54 Å². The van der Waals surface area contributed by atoms with Gasteiger partial charge in [-0.05, 0) is 7.05 Å². The van der Waals surface area contributed by atoms with Gasteiger partial charge in [-0.1, -0.05) is 0 Å². The lowest BCUT2D eigenvalue weighted by atomic mass is 10.2. The molecule has 0 aromatic rings. The first-order valence-corrected chi connectivity index (χ1v) is 4.73. The lowest BCUT2D eigenvalue weighted by molar-refractivity contribution is -0.909. The van der Waals surface area contributed by atoms with Gasteiger partial charge >= 0.3 is 5.91 Å². The number of likely N-dealkylation sites (N-methyl/N-ethyl adjacent to an activating group) is 2. The molecule has 0 unspecified atom stereocenters. The molecule has 0 spiro atoms. The van der Waals surface area contributed by atoms with Gasteiger partial charge in [0.05, 0.1) is 20.1 Å². The SMILES string of the molecule is [CH2-][NH2+]C(=O)C[N+]1(C)CCN(C)CC1. The summed E-state index contributed by atoms with van der Waals surface area (Å²) in [6.45, 7) is 4.91. The minimum absolute atomic E-state index is 0.159. The molecule has 1 aliphatic rings. The van der Waals surface area contributed by atoms with Crippen molar-refractivity contribution in [2.24, 2.45) is 0 Å². The maximum Gasteiger partial charge on any atom is 0.339 e. The van der Waals surface area contributed by atoms with E-state index in [9.17, 15) is 4.79 Å². The summed E-state index contributed by atoms with van der Waals surface area (Å²) in [6, 6.07) is 0. The van der Waals surface area contributed by atoms with Crippen LogP contribution in [-0.4, -0.2) is 62.1 Å². The van der Waals surface area contributed by atoms with Crippen LogP contribution in [0.4, 0.5) is 0 Å². The van der Waals surface area contributed by atoms with Crippen LogP contribution in [0.15, 0.2) is 0 Å². The van der Waals surface area contributed by atoms with Crippen molar-refractivity contribution in [2.75, 3.05) is 46.8 Å². The molecule has 76 valence electrons. The van der Waals surface area contributed by atoms with E-state index in [0.717, 1.165) is 30.7 Å². The molecule has 1 fully saturated rings. The number of carbonyl (C=O) groups excluding carboxylic acids is 1.